The molecular weight excluding hydrogens is 432 g/mol. The number of carbonyl (C=O) groups excluding carboxylic acids is 2. The fourth-order valence-electron chi connectivity index (χ4n) is 3.33. The molecule has 0 spiro atoms. The summed E-state index contributed by atoms with van der Waals surface area (Å²) in [5, 5.41) is 2.71. The van der Waals surface area contributed by atoms with Crippen molar-refractivity contribution in [3.63, 3.8) is 0 Å². The summed E-state index contributed by atoms with van der Waals surface area (Å²) in [6.45, 7) is 4.59. The third kappa shape index (κ3) is 4.77. The minimum absolute atomic E-state index is 0.0372. The Morgan fingerprint density at radius 3 is 2.22 bits per heavy atom. The molecule has 0 radical (unpaired) electrons. The van der Waals surface area contributed by atoms with Crippen LogP contribution in [0.1, 0.15) is 31.9 Å². The van der Waals surface area contributed by atoms with Gasteiger partial charge in [0.2, 0.25) is 0 Å². The predicted molar refractivity (Wildman–Crippen MR) is 120 cm³/mol. The first kappa shape index (κ1) is 23.3. The van der Waals surface area contributed by atoms with Crippen molar-refractivity contribution in [2.24, 2.45) is 0 Å². The van der Waals surface area contributed by atoms with Gasteiger partial charge in [0.15, 0.2) is 0 Å². The first-order valence-electron chi connectivity index (χ1n) is 9.97. The lowest BCUT2D eigenvalue weighted by Gasteiger charge is -2.30. The molecule has 0 aliphatic carbocycles. The second kappa shape index (κ2) is 9.04. The highest BCUT2D eigenvalue weighted by Gasteiger charge is 2.49. The zero-order valence-corrected chi connectivity index (χ0v) is 19.2. The monoisotopic (exact) mass is 458 g/mol. The average molecular weight is 459 g/mol. The van der Waals surface area contributed by atoms with Crippen LogP contribution in [0.3, 0.4) is 0 Å². The highest BCUT2D eigenvalue weighted by atomic mass is 32.2. The van der Waals surface area contributed by atoms with E-state index in [9.17, 15) is 18.0 Å². The molecule has 1 aliphatic rings. The molecule has 170 valence electrons. The first-order chi connectivity index (χ1) is 15.1. The molecule has 1 N–H and O–H groups in total. The molecule has 2 aromatic carbocycles. The summed E-state index contributed by atoms with van der Waals surface area (Å²) in [6.07, 6.45) is 0. The number of nitrogens with one attached hydrogen (secondary N) is 1. The number of hydrogen-bond acceptors (Lipinski definition) is 7. The van der Waals surface area contributed by atoms with Crippen LogP contribution in [0.25, 0.3) is 4.91 Å². The fraction of sp³-hybridized carbons (Fsp3) is 0.304. The van der Waals surface area contributed by atoms with E-state index in [1.54, 1.807) is 82.5 Å². The summed E-state index contributed by atoms with van der Waals surface area (Å²) in [4.78, 5) is 25.2. The minimum atomic E-state index is -4.11. The summed E-state index contributed by atoms with van der Waals surface area (Å²) >= 11 is 0. The van der Waals surface area contributed by atoms with Crippen LogP contribution in [-0.4, -0.2) is 43.8 Å². The molecule has 2 aromatic rings. The topological polar surface area (TPSA) is 102 Å². The lowest BCUT2D eigenvalue weighted by atomic mass is 10.1. The van der Waals surface area contributed by atoms with Crippen LogP contribution < -0.4 is 10.1 Å². The maximum absolute atomic E-state index is 13.2. The number of benzene rings is 2. The molecular formula is C23H26N2O6S. The second-order valence-corrected chi connectivity index (χ2v) is 9.90. The molecule has 0 bridgehead atoms. The molecule has 3 rings (SSSR count). The van der Waals surface area contributed by atoms with E-state index in [4.69, 9.17) is 9.47 Å². The Balaban J connectivity index is 1.79. The van der Waals surface area contributed by atoms with Gasteiger partial charge in [-0.05, 0) is 44.0 Å². The van der Waals surface area contributed by atoms with E-state index in [1.807, 2.05) is 0 Å². The number of sulfonamides is 1. The van der Waals surface area contributed by atoms with Crippen molar-refractivity contribution in [2.75, 3.05) is 13.7 Å². The normalized spacial score (nSPS) is 15.6. The van der Waals surface area contributed by atoms with Crippen molar-refractivity contribution < 1.29 is 27.5 Å². The van der Waals surface area contributed by atoms with Gasteiger partial charge in [-0.15, -0.1) is 0 Å². The van der Waals surface area contributed by atoms with Gasteiger partial charge in [-0.2, -0.15) is 0 Å². The van der Waals surface area contributed by atoms with Gasteiger partial charge < -0.3 is 14.8 Å². The number of ether oxygens (including phenoxy) is 2. The van der Waals surface area contributed by atoms with E-state index in [2.05, 4.69) is 5.32 Å². The zero-order chi connectivity index (χ0) is 23.5. The van der Waals surface area contributed by atoms with Crippen LogP contribution in [0, 0.1) is 0 Å². The Morgan fingerprint density at radius 1 is 1.03 bits per heavy atom. The molecule has 32 heavy (non-hydrogen) atoms. The van der Waals surface area contributed by atoms with Gasteiger partial charge in [0.05, 0.1) is 12.6 Å². The van der Waals surface area contributed by atoms with E-state index in [1.165, 1.54) is 0 Å². The van der Waals surface area contributed by atoms with Crippen LogP contribution >= 0.6 is 0 Å². The van der Waals surface area contributed by atoms with E-state index in [-0.39, 0.29) is 23.8 Å². The van der Waals surface area contributed by atoms with E-state index < -0.39 is 27.4 Å². The van der Waals surface area contributed by atoms with Gasteiger partial charge >= 0.3 is 5.97 Å². The molecule has 0 fully saturated rings. The van der Waals surface area contributed by atoms with Crippen molar-refractivity contribution in [2.45, 2.75) is 32.9 Å². The fourth-order valence-corrected chi connectivity index (χ4v) is 5.39. The summed E-state index contributed by atoms with van der Waals surface area (Å²) in [7, 11) is -2.55. The number of rotatable bonds is 7. The molecule has 0 saturated heterocycles. The molecule has 8 nitrogen and oxygen atoms in total. The van der Waals surface area contributed by atoms with Crippen molar-refractivity contribution in [1.82, 2.24) is 9.62 Å². The molecule has 1 aliphatic heterocycles. The number of carbonyl (C=O) groups is 2. The van der Waals surface area contributed by atoms with Crippen LogP contribution in [0.2, 0.25) is 0 Å². The van der Waals surface area contributed by atoms with E-state index in [0.717, 1.165) is 9.87 Å². The Bertz CT molecular complexity index is 1130. The maximum Gasteiger partial charge on any atom is 0.325 e. The van der Waals surface area contributed by atoms with Crippen molar-refractivity contribution in [3.8, 4) is 5.75 Å². The van der Waals surface area contributed by atoms with Gasteiger partial charge in [0, 0.05) is 0 Å². The SMILES string of the molecule is COc1ccc(COC(=O)CNC2=C(c3ccccc3)S(=O)(=O)N(C(C)(C)C)C2=O)cc1. The zero-order valence-electron chi connectivity index (χ0n) is 18.4. The third-order valence-corrected chi connectivity index (χ3v) is 6.89. The molecule has 9 heteroatoms. The molecule has 0 atom stereocenters. The van der Waals surface area contributed by atoms with Gasteiger partial charge in [0.1, 0.15) is 29.5 Å². The van der Waals surface area contributed by atoms with Crippen LogP contribution in [0.5, 0.6) is 5.75 Å². The van der Waals surface area contributed by atoms with Gasteiger partial charge in [-0.25, -0.2) is 12.7 Å². The quantitative estimate of drug-likeness (QED) is 0.637. The first-order valence-corrected chi connectivity index (χ1v) is 11.4. The summed E-state index contributed by atoms with van der Waals surface area (Å²) in [6, 6.07) is 15.4. The third-order valence-electron chi connectivity index (χ3n) is 4.74. The van der Waals surface area contributed by atoms with Crippen molar-refractivity contribution in [3.05, 3.63) is 71.4 Å². The largest absolute Gasteiger partial charge is 0.497 e. The van der Waals surface area contributed by atoms with Crippen molar-refractivity contribution in [1.29, 1.82) is 0 Å². The van der Waals surface area contributed by atoms with Crippen molar-refractivity contribution >= 4 is 26.8 Å². The molecule has 0 unspecified atom stereocenters. The highest BCUT2D eigenvalue weighted by molar-refractivity contribution is 7.99. The van der Waals surface area contributed by atoms with Gasteiger partial charge in [-0.3, -0.25) is 9.59 Å². The average Bonchev–Trinajstić information content (AvgIpc) is 2.95. The Kier molecular flexibility index (Phi) is 6.59. The Labute approximate surface area is 187 Å². The maximum atomic E-state index is 13.2. The molecule has 0 aromatic heterocycles. The number of nitrogens with zero attached hydrogens (tertiary/aromatic N) is 1. The molecule has 0 saturated carbocycles. The number of amides is 1. The summed E-state index contributed by atoms with van der Waals surface area (Å²) in [5.74, 6) is -0.647. The lowest BCUT2D eigenvalue weighted by molar-refractivity contribution is -0.143. The number of methoxy groups -OCH3 is 1. The summed E-state index contributed by atoms with van der Waals surface area (Å²) in [5.41, 5.74) is 0.00447. The number of hydrogen-bond donors (Lipinski definition) is 1. The van der Waals surface area contributed by atoms with E-state index >= 15 is 0 Å². The second-order valence-electron chi connectivity index (χ2n) is 8.18. The predicted octanol–water partition coefficient (Wildman–Crippen LogP) is 2.67. The standard InChI is InChI=1S/C23H26N2O6S/c1-23(2,3)25-22(27)20(21(32(25,28)29)17-8-6-5-7-9-17)24-14-19(26)31-15-16-10-12-18(30-4)13-11-16/h5-13,24H,14-15H2,1-4H3. The van der Waals surface area contributed by atoms with Gasteiger partial charge in [0.25, 0.3) is 15.9 Å². The van der Waals surface area contributed by atoms with Crippen LogP contribution in [-0.2, 0) is 31.0 Å². The lowest BCUT2D eigenvalue weighted by Crippen LogP contribution is -2.47. The van der Waals surface area contributed by atoms with Gasteiger partial charge in [-0.1, -0.05) is 42.5 Å². The minimum Gasteiger partial charge on any atom is -0.497 e. The molecule has 1 amide bonds. The van der Waals surface area contributed by atoms with Crippen LogP contribution in [0.15, 0.2) is 60.3 Å². The van der Waals surface area contributed by atoms with Crippen LogP contribution in [0.4, 0.5) is 0 Å². The smallest absolute Gasteiger partial charge is 0.325 e. The highest BCUT2D eigenvalue weighted by Crippen LogP contribution is 2.38. The molecule has 1 heterocycles. The Morgan fingerprint density at radius 2 is 1.66 bits per heavy atom. The Hall–Kier alpha value is -3.33. The number of esters is 1. The summed E-state index contributed by atoms with van der Waals surface area (Å²) < 4.78 is 37.7. The van der Waals surface area contributed by atoms with E-state index in [0.29, 0.717) is 11.3 Å².